The third kappa shape index (κ3) is 3.41. The number of hydrogen-bond donors (Lipinski definition) is 0. The Morgan fingerprint density at radius 2 is 1.18 bits per heavy atom. The van der Waals surface area contributed by atoms with Crippen molar-refractivity contribution in [2.75, 3.05) is 12.5 Å². The quantitative estimate of drug-likeness (QED) is 0.403. The molecule has 172 valence electrons. The lowest BCUT2D eigenvalue weighted by atomic mass is 9.79. The highest BCUT2D eigenvalue weighted by Gasteiger charge is 2.51. The molecule has 3 aromatic carbocycles. The number of fused-ring (bicyclic) bond motifs is 3. The highest BCUT2D eigenvalue weighted by atomic mass is 32.3. The summed E-state index contributed by atoms with van der Waals surface area (Å²) in [6.45, 7) is 13.1. The molecule has 33 heavy (non-hydrogen) atoms. The van der Waals surface area contributed by atoms with E-state index >= 15 is 0 Å². The summed E-state index contributed by atoms with van der Waals surface area (Å²) in [6, 6.07) is 24.9. The van der Waals surface area contributed by atoms with Crippen molar-refractivity contribution in [3.05, 3.63) is 77.9 Å². The molecule has 0 atom stereocenters. The molecule has 2 nitrogen and oxygen atoms in total. The normalized spacial score (nSPS) is 20.4. The molecule has 5 rings (SSSR count). The van der Waals surface area contributed by atoms with Gasteiger partial charge in [-0.2, -0.15) is 10.0 Å². The Bertz CT molecular complexity index is 1210. The van der Waals surface area contributed by atoms with E-state index in [4.69, 9.17) is 9.31 Å². The van der Waals surface area contributed by atoms with E-state index in [-0.39, 0.29) is 23.7 Å². The highest BCUT2D eigenvalue weighted by molar-refractivity contribution is 8.32. The van der Waals surface area contributed by atoms with Gasteiger partial charge in [0.1, 0.15) is 0 Å². The van der Waals surface area contributed by atoms with Crippen molar-refractivity contribution >= 4 is 22.6 Å². The molecule has 2 aliphatic rings. The van der Waals surface area contributed by atoms with Crippen LogP contribution in [0, 0.1) is 0 Å². The fourth-order valence-electron chi connectivity index (χ4n) is 5.08. The molecule has 1 heterocycles. The van der Waals surface area contributed by atoms with Crippen molar-refractivity contribution in [2.45, 2.75) is 68.0 Å². The molecule has 4 heteroatoms. The Morgan fingerprint density at radius 1 is 0.636 bits per heavy atom. The van der Waals surface area contributed by atoms with E-state index in [1.165, 1.54) is 32.0 Å². The zero-order valence-corrected chi connectivity index (χ0v) is 22.0. The van der Waals surface area contributed by atoms with E-state index in [2.05, 4.69) is 121 Å². The summed E-state index contributed by atoms with van der Waals surface area (Å²) in [7, 11) is -1.48. The van der Waals surface area contributed by atoms with E-state index in [1.54, 1.807) is 0 Å². The monoisotopic (exact) mass is 458 g/mol. The highest BCUT2D eigenvalue weighted by Crippen LogP contribution is 2.59. The van der Waals surface area contributed by atoms with Crippen LogP contribution in [-0.4, -0.2) is 30.8 Å². The van der Waals surface area contributed by atoms with Crippen LogP contribution in [0.2, 0.25) is 0 Å². The van der Waals surface area contributed by atoms with Crippen LogP contribution < -0.4 is 5.46 Å². The molecule has 0 unspecified atom stereocenters. The molecule has 3 aromatic rings. The summed E-state index contributed by atoms with van der Waals surface area (Å²) in [4.78, 5) is 2.79. The van der Waals surface area contributed by atoms with Gasteiger partial charge in [-0.1, -0.05) is 68.4 Å². The average molecular weight is 458 g/mol. The minimum absolute atomic E-state index is 0.0259. The lowest BCUT2D eigenvalue weighted by molar-refractivity contribution is 0.00578. The van der Waals surface area contributed by atoms with Gasteiger partial charge in [0.25, 0.3) is 0 Å². The van der Waals surface area contributed by atoms with Gasteiger partial charge in [-0.05, 0) is 89.8 Å². The first kappa shape index (κ1) is 22.8. The Morgan fingerprint density at radius 3 is 1.82 bits per heavy atom. The molecule has 1 aliphatic carbocycles. The van der Waals surface area contributed by atoms with Gasteiger partial charge in [0.05, 0.1) is 11.2 Å². The zero-order chi connectivity index (χ0) is 23.8. The zero-order valence-electron chi connectivity index (χ0n) is 21.2. The first-order valence-electron chi connectivity index (χ1n) is 11.8. The van der Waals surface area contributed by atoms with Crippen molar-refractivity contribution in [3.63, 3.8) is 0 Å². The third-order valence-electron chi connectivity index (χ3n) is 8.14. The second-order valence-electron chi connectivity index (χ2n) is 11.4. The van der Waals surface area contributed by atoms with E-state index in [0.29, 0.717) is 0 Å². The molecule has 0 spiro atoms. The lowest BCUT2D eigenvalue weighted by Gasteiger charge is -2.34. The van der Waals surface area contributed by atoms with Crippen LogP contribution in [0.15, 0.2) is 76.5 Å². The summed E-state index contributed by atoms with van der Waals surface area (Å²) in [6.07, 6.45) is 4.79. The Labute approximate surface area is 201 Å². The number of benzene rings is 3. The van der Waals surface area contributed by atoms with Crippen LogP contribution in [0.3, 0.4) is 0 Å². The van der Waals surface area contributed by atoms with Crippen LogP contribution in [0.4, 0.5) is 0 Å². The van der Waals surface area contributed by atoms with E-state index in [0.717, 1.165) is 5.46 Å². The Kier molecular flexibility index (Phi) is 5.00. The minimum Gasteiger partial charge on any atom is -0.399 e. The van der Waals surface area contributed by atoms with Gasteiger partial charge < -0.3 is 9.31 Å². The van der Waals surface area contributed by atoms with Gasteiger partial charge in [0, 0.05) is 5.41 Å². The number of rotatable bonds is 3. The van der Waals surface area contributed by atoms with Crippen molar-refractivity contribution in [1.82, 2.24) is 0 Å². The standard InChI is InChI=1S/C29H35BO2S/c1-27(2)25-12-10-9-11-23(25)24-18-17-22(19-26(24)27)33(7,8)21-15-13-20(14-16-21)30-31-28(3,4)29(5,6)32-30/h9-19H,1-8H3. The van der Waals surface area contributed by atoms with E-state index in [9.17, 15) is 0 Å². The van der Waals surface area contributed by atoms with E-state index in [1.807, 2.05) is 0 Å². The molecule has 1 aliphatic heterocycles. The van der Waals surface area contributed by atoms with E-state index < -0.39 is 10.0 Å². The molecule has 1 saturated heterocycles. The van der Waals surface area contributed by atoms with Crippen LogP contribution in [0.5, 0.6) is 0 Å². The summed E-state index contributed by atoms with van der Waals surface area (Å²) in [5, 5.41) is 0. The molecule has 0 saturated carbocycles. The number of hydrogen-bond acceptors (Lipinski definition) is 2. The maximum atomic E-state index is 6.25. The molecule has 0 radical (unpaired) electrons. The second kappa shape index (κ2) is 7.25. The van der Waals surface area contributed by atoms with Gasteiger partial charge in [-0.3, -0.25) is 0 Å². The van der Waals surface area contributed by atoms with Gasteiger partial charge in [-0.15, -0.1) is 0 Å². The third-order valence-corrected chi connectivity index (χ3v) is 11.0. The molecule has 0 bridgehead atoms. The molecule has 0 amide bonds. The van der Waals surface area contributed by atoms with Gasteiger partial charge in [0.15, 0.2) is 0 Å². The largest absolute Gasteiger partial charge is 0.494 e. The predicted molar refractivity (Wildman–Crippen MR) is 142 cm³/mol. The predicted octanol–water partition coefficient (Wildman–Crippen LogP) is 6.77. The summed E-state index contributed by atoms with van der Waals surface area (Å²) < 4.78 is 12.5. The molecule has 0 N–H and O–H groups in total. The van der Waals surface area contributed by atoms with Gasteiger partial charge in [-0.25, -0.2) is 0 Å². The molecule has 1 fully saturated rings. The minimum atomic E-state index is -1.17. The molecular weight excluding hydrogens is 423 g/mol. The van der Waals surface area contributed by atoms with Crippen molar-refractivity contribution in [3.8, 4) is 11.1 Å². The lowest BCUT2D eigenvalue weighted by Crippen LogP contribution is -2.41. The van der Waals surface area contributed by atoms with Gasteiger partial charge in [0.2, 0.25) is 0 Å². The Hall–Kier alpha value is -2.01. The van der Waals surface area contributed by atoms with Crippen molar-refractivity contribution in [2.24, 2.45) is 0 Å². The van der Waals surface area contributed by atoms with Crippen LogP contribution >= 0.6 is 10.0 Å². The second-order valence-corrected chi connectivity index (χ2v) is 15.0. The Balaban J connectivity index is 1.46. The maximum absolute atomic E-state index is 6.25. The first-order chi connectivity index (χ1) is 15.3. The fraction of sp³-hybridized carbons (Fsp3) is 0.379. The maximum Gasteiger partial charge on any atom is 0.494 e. The average Bonchev–Trinajstić information content (AvgIpc) is 3.13. The summed E-state index contributed by atoms with van der Waals surface area (Å²) >= 11 is 0. The SMILES string of the molecule is CC1(C)c2ccccc2-c2ccc(S(C)(C)c3ccc(B4OC(C)(C)C(C)(C)O4)cc3)cc21. The fourth-order valence-corrected chi connectivity index (χ4v) is 6.99. The first-order valence-corrected chi connectivity index (χ1v) is 14.2. The summed E-state index contributed by atoms with van der Waals surface area (Å²) in [5.74, 6) is 0. The van der Waals surface area contributed by atoms with Crippen molar-refractivity contribution < 1.29 is 9.31 Å². The van der Waals surface area contributed by atoms with Gasteiger partial charge >= 0.3 is 7.12 Å². The van der Waals surface area contributed by atoms with Crippen LogP contribution in [-0.2, 0) is 14.7 Å². The smallest absolute Gasteiger partial charge is 0.399 e. The van der Waals surface area contributed by atoms with Crippen LogP contribution in [0.25, 0.3) is 11.1 Å². The molecular formula is C29H35BO2S. The summed E-state index contributed by atoms with van der Waals surface area (Å²) in [5.41, 5.74) is 6.09. The van der Waals surface area contributed by atoms with Crippen molar-refractivity contribution in [1.29, 1.82) is 0 Å². The molecule has 0 aromatic heterocycles. The van der Waals surface area contributed by atoms with Crippen LogP contribution in [0.1, 0.15) is 52.7 Å². The topological polar surface area (TPSA) is 18.5 Å².